The first-order valence-electron chi connectivity index (χ1n) is 11.3. The molecule has 3 aromatic rings. The molecule has 2 N–H and O–H groups in total. The van der Waals surface area contributed by atoms with E-state index in [-0.39, 0.29) is 0 Å². The maximum absolute atomic E-state index is 4.98. The van der Waals surface area contributed by atoms with Gasteiger partial charge >= 0.3 is 0 Å². The highest BCUT2D eigenvalue weighted by molar-refractivity contribution is 5.87. The number of nitrogens with one attached hydrogen (secondary N) is 2. The molecule has 2 fully saturated rings. The van der Waals surface area contributed by atoms with Crippen molar-refractivity contribution >= 4 is 22.8 Å². The van der Waals surface area contributed by atoms with E-state index in [1.807, 2.05) is 17.9 Å². The van der Waals surface area contributed by atoms with E-state index in [0.717, 1.165) is 55.5 Å². The van der Waals surface area contributed by atoms with E-state index in [0.29, 0.717) is 6.04 Å². The van der Waals surface area contributed by atoms with E-state index in [2.05, 4.69) is 45.6 Å². The summed E-state index contributed by atoms with van der Waals surface area (Å²) in [6.45, 7) is 5.26. The maximum Gasteiger partial charge on any atom is 0.229 e. The normalized spacial score (nSPS) is 18.8. The Bertz CT molecular complexity index is 970. The molecule has 2 aliphatic rings. The number of aryl methyl sites for hydroxylation is 1. The molecular weight excluding hydrogens is 374 g/mol. The van der Waals surface area contributed by atoms with Gasteiger partial charge in [-0.15, -0.1) is 0 Å². The quantitative estimate of drug-likeness (QED) is 0.679. The van der Waals surface area contributed by atoms with Crippen molar-refractivity contribution in [1.82, 2.24) is 19.7 Å². The van der Waals surface area contributed by atoms with Crippen LogP contribution in [0.5, 0.6) is 0 Å². The molecule has 2 aromatic heterocycles. The number of benzene rings is 1. The van der Waals surface area contributed by atoms with Crippen LogP contribution in [0.25, 0.3) is 11.0 Å². The molecule has 7 nitrogen and oxygen atoms in total. The van der Waals surface area contributed by atoms with Gasteiger partial charge in [-0.05, 0) is 12.8 Å². The lowest BCUT2D eigenvalue weighted by atomic mass is 9.95. The fourth-order valence-electron chi connectivity index (χ4n) is 4.79. The molecule has 1 saturated heterocycles. The minimum Gasteiger partial charge on any atom is -0.367 e. The third kappa shape index (κ3) is 4.12. The molecule has 1 aliphatic carbocycles. The fourth-order valence-corrected chi connectivity index (χ4v) is 4.79. The second-order valence-electron chi connectivity index (χ2n) is 8.76. The van der Waals surface area contributed by atoms with E-state index < -0.39 is 0 Å². The average molecular weight is 407 g/mol. The van der Waals surface area contributed by atoms with Crippen LogP contribution >= 0.6 is 0 Å². The Labute approximate surface area is 178 Å². The number of anilines is 2. The Kier molecular flexibility index (Phi) is 5.53. The molecule has 0 spiro atoms. The van der Waals surface area contributed by atoms with E-state index in [9.17, 15) is 0 Å². The van der Waals surface area contributed by atoms with Gasteiger partial charge in [0.25, 0.3) is 0 Å². The molecule has 0 radical (unpaired) electrons. The van der Waals surface area contributed by atoms with Gasteiger partial charge in [-0.3, -0.25) is 4.68 Å². The van der Waals surface area contributed by atoms with Crippen LogP contribution in [0.1, 0.15) is 37.7 Å². The predicted molar refractivity (Wildman–Crippen MR) is 120 cm³/mol. The number of quaternary nitrogens is 1. The van der Waals surface area contributed by atoms with Crippen molar-refractivity contribution in [2.24, 2.45) is 7.05 Å². The third-order valence-electron chi connectivity index (χ3n) is 6.58. The summed E-state index contributed by atoms with van der Waals surface area (Å²) < 4.78 is 1.86. The summed E-state index contributed by atoms with van der Waals surface area (Å²) in [6, 6.07) is 11.3. The number of aromatic nitrogens is 4. The van der Waals surface area contributed by atoms with E-state index in [1.54, 1.807) is 4.90 Å². The van der Waals surface area contributed by atoms with Gasteiger partial charge in [-0.1, -0.05) is 49.6 Å². The number of rotatable bonds is 5. The predicted octanol–water partition coefficient (Wildman–Crippen LogP) is 2.01. The van der Waals surface area contributed by atoms with Crippen LogP contribution in [0, 0.1) is 0 Å². The van der Waals surface area contributed by atoms with Crippen LogP contribution < -0.4 is 15.1 Å². The molecule has 0 unspecified atom stereocenters. The lowest BCUT2D eigenvalue weighted by Crippen LogP contribution is -3.13. The first-order chi connectivity index (χ1) is 14.8. The second kappa shape index (κ2) is 8.60. The monoisotopic (exact) mass is 406 g/mol. The summed E-state index contributed by atoms with van der Waals surface area (Å²) in [4.78, 5) is 13.8. The Balaban J connectivity index is 1.32. The van der Waals surface area contributed by atoms with Gasteiger partial charge in [0.1, 0.15) is 12.4 Å². The maximum atomic E-state index is 4.98. The average Bonchev–Trinajstić information content (AvgIpc) is 3.17. The summed E-state index contributed by atoms with van der Waals surface area (Å²) in [5.74, 6) is 1.79. The van der Waals surface area contributed by atoms with Gasteiger partial charge in [0.15, 0.2) is 5.65 Å². The molecule has 0 atom stereocenters. The van der Waals surface area contributed by atoms with Crippen molar-refractivity contribution in [2.45, 2.75) is 44.7 Å². The lowest BCUT2D eigenvalue weighted by molar-refractivity contribution is -0.914. The first kappa shape index (κ1) is 19.3. The molecular formula is C23H32N7+. The van der Waals surface area contributed by atoms with Crippen LogP contribution in [-0.4, -0.2) is 52.0 Å². The zero-order valence-corrected chi connectivity index (χ0v) is 17.8. The van der Waals surface area contributed by atoms with Crippen molar-refractivity contribution in [1.29, 1.82) is 0 Å². The number of fused-ring (bicyclic) bond motifs is 1. The smallest absolute Gasteiger partial charge is 0.229 e. The Hall–Kier alpha value is -2.67. The van der Waals surface area contributed by atoms with E-state index in [4.69, 9.17) is 9.97 Å². The summed E-state index contributed by atoms with van der Waals surface area (Å²) in [7, 11) is 1.96. The number of piperazine rings is 1. The van der Waals surface area contributed by atoms with E-state index in [1.165, 1.54) is 37.7 Å². The third-order valence-corrected chi connectivity index (χ3v) is 6.58. The molecule has 30 heavy (non-hydrogen) atoms. The van der Waals surface area contributed by atoms with Crippen molar-refractivity contribution in [2.75, 3.05) is 36.4 Å². The minimum atomic E-state index is 0.511. The van der Waals surface area contributed by atoms with Gasteiger partial charge in [-0.2, -0.15) is 15.1 Å². The van der Waals surface area contributed by atoms with Crippen LogP contribution in [0.3, 0.4) is 0 Å². The summed E-state index contributed by atoms with van der Waals surface area (Å²) in [5, 5.41) is 9.20. The molecule has 158 valence electrons. The van der Waals surface area contributed by atoms with Crippen molar-refractivity contribution < 1.29 is 4.90 Å². The van der Waals surface area contributed by atoms with Crippen molar-refractivity contribution in [3.8, 4) is 0 Å². The van der Waals surface area contributed by atoms with Gasteiger partial charge < -0.3 is 15.1 Å². The zero-order valence-electron chi connectivity index (χ0n) is 17.8. The SMILES string of the molecule is Cn1ncc2c(NC3CCCCC3)nc(N3CC[NH+](Cc4ccccc4)CC3)nc21. The molecule has 0 bridgehead atoms. The zero-order chi connectivity index (χ0) is 20.3. The van der Waals surface area contributed by atoms with Gasteiger partial charge in [-0.25, -0.2) is 0 Å². The topological polar surface area (TPSA) is 63.3 Å². The molecule has 3 heterocycles. The summed E-state index contributed by atoms with van der Waals surface area (Å²) in [6.07, 6.45) is 8.30. The Morgan fingerprint density at radius 1 is 1.03 bits per heavy atom. The molecule has 0 amide bonds. The number of hydrogen-bond acceptors (Lipinski definition) is 5. The van der Waals surface area contributed by atoms with Crippen LogP contribution in [0.2, 0.25) is 0 Å². The molecule has 5 rings (SSSR count). The van der Waals surface area contributed by atoms with Crippen molar-refractivity contribution in [3.63, 3.8) is 0 Å². The van der Waals surface area contributed by atoms with Crippen LogP contribution in [0.15, 0.2) is 36.5 Å². The molecule has 1 aromatic carbocycles. The fraction of sp³-hybridized carbons (Fsp3) is 0.522. The molecule has 7 heteroatoms. The Morgan fingerprint density at radius 2 is 1.80 bits per heavy atom. The number of hydrogen-bond donors (Lipinski definition) is 2. The van der Waals surface area contributed by atoms with Gasteiger partial charge in [0.05, 0.1) is 37.8 Å². The highest BCUT2D eigenvalue weighted by Crippen LogP contribution is 2.27. The first-order valence-corrected chi connectivity index (χ1v) is 11.3. The highest BCUT2D eigenvalue weighted by Gasteiger charge is 2.24. The summed E-state index contributed by atoms with van der Waals surface area (Å²) in [5.41, 5.74) is 2.32. The molecule has 1 aliphatic heterocycles. The van der Waals surface area contributed by atoms with E-state index >= 15 is 0 Å². The lowest BCUT2D eigenvalue weighted by Gasteiger charge is -2.32. The standard InChI is InChI=1S/C23H31N7/c1-28-22-20(16-24-28)21(25-19-10-6-3-7-11-19)26-23(27-22)30-14-12-29(13-15-30)17-18-8-4-2-5-9-18/h2,4-5,8-9,16,19H,3,6-7,10-15,17H2,1H3,(H,25,26,27)/p+1. The molecule has 1 saturated carbocycles. The van der Waals surface area contributed by atoms with Crippen LogP contribution in [0.4, 0.5) is 11.8 Å². The second-order valence-corrected chi connectivity index (χ2v) is 8.76. The largest absolute Gasteiger partial charge is 0.367 e. The highest BCUT2D eigenvalue weighted by atomic mass is 15.4. The van der Waals surface area contributed by atoms with Crippen LogP contribution in [-0.2, 0) is 13.6 Å². The van der Waals surface area contributed by atoms with Gasteiger partial charge in [0, 0.05) is 18.7 Å². The number of nitrogens with zero attached hydrogens (tertiary/aromatic N) is 5. The van der Waals surface area contributed by atoms with Crippen molar-refractivity contribution in [3.05, 3.63) is 42.1 Å². The van der Waals surface area contributed by atoms with Gasteiger partial charge in [0.2, 0.25) is 5.95 Å². The Morgan fingerprint density at radius 3 is 2.57 bits per heavy atom. The summed E-state index contributed by atoms with van der Waals surface area (Å²) >= 11 is 0. The minimum absolute atomic E-state index is 0.511.